The molecular formula is C10H10FN3. The second-order valence-electron chi connectivity index (χ2n) is 3.10. The number of hydrogen-bond acceptors (Lipinski definition) is 2. The summed E-state index contributed by atoms with van der Waals surface area (Å²) in [6.45, 7) is 0.609. The van der Waals surface area contributed by atoms with Gasteiger partial charge in [-0.15, -0.1) is 0 Å². The Morgan fingerprint density at radius 2 is 2.00 bits per heavy atom. The number of rotatable bonds is 2. The van der Waals surface area contributed by atoms with Gasteiger partial charge in [0.1, 0.15) is 5.82 Å². The molecule has 0 saturated heterocycles. The quantitative estimate of drug-likeness (QED) is 0.784. The normalized spacial score (nSPS) is 10.4. The SMILES string of the molecule is Nc1cnn(Cc2ccc(F)cc2)c1. The van der Waals surface area contributed by atoms with Crippen molar-refractivity contribution in [1.82, 2.24) is 9.78 Å². The maximum atomic E-state index is 12.6. The zero-order chi connectivity index (χ0) is 9.97. The van der Waals surface area contributed by atoms with Gasteiger partial charge in [-0.25, -0.2) is 4.39 Å². The molecule has 2 aromatic rings. The summed E-state index contributed by atoms with van der Waals surface area (Å²) >= 11 is 0. The number of nitrogens with zero attached hydrogens (tertiary/aromatic N) is 2. The standard InChI is InChI=1S/C10H10FN3/c11-9-3-1-8(2-4-9)6-14-7-10(12)5-13-14/h1-5,7H,6,12H2. The summed E-state index contributed by atoms with van der Waals surface area (Å²) in [5.74, 6) is -0.228. The highest BCUT2D eigenvalue weighted by Crippen LogP contribution is 2.06. The molecule has 14 heavy (non-hydrogen) atoms. The molecule has 0 amide bonds. The Hall–Kier alpha value is -1.84. The number of halogens is 1. The van der Waals surface area contributed by atoms with Gasteiger partial charge >= 0.3 is 0 Å². The number of anilines is 1. The lowest BCUT2D eigenvalue weighted by atomic mass is 10.2. The number of nitrogens with two attached hydrogens (primary N) is 1. The molecule has 0 fully saturated rings. The van der Waals surface area contributed by atoms with Crippen LogP contribution in [0.25, 0.3) is 0 Å². The van der Waals surface area contributed by atoms with Crippen LogP contribution in [0, 0.1) is 5.82 Å². The molecule has 3 nitrogen and oxygen atoms in total. The van der Waals surface area contributed by atoms with E-state index in [2.05, 4.69) is 5.10 Å². The van der Waals surface area contributed by atoms with Crippen molar-refractivity contribution < 1.29 is 4.39 Å². The first kappa shape index (κ1) is 8.74. The maximum absolute atomic E-state index is 12.6. The molecule has 0 aliphatic rings. The van der Waals surface area contributed by atoms with E-state index >= 15 is 0 Å². The summed E-state index contributed by atoms with van der Waals surface area (Å²) in [5.41, 5.74) is 7.14. The second-order valence-corrected chi connectivity index (χ2v) is 3.10. The van der Waals surface area contributed by atoms with E-state index in [1.807, 2.05) is 0 Å². The van der Waals surface area contributed by atoms with Crippen LogP contribution < -0.4 is 5.73 Å². The van der Waals surface area contributed by atoms with E-state index in [0.717, 1.165) is 5.56 Å². The maximum Gasteiger partial charge on any atom is 0.123 e. The van der Waals surface area contributed by atoms with Crippen molar-refractivity contribution in [3.05, 3.63) is 48.0 Å². The van der Waals surface area contributed by atoms with E-state index in [1.165, 1.54) is 12.1 Å². The van der Waals surface area contributed by atoms with Crippen LogP contribution in [0.2, 0.25) is 0 Å². The summed E-state index contributed by atoms with van der Waals surface area (Å²) in [6.07, 6.45) is 3.33. The van der Waals surface area contributed by atoms with Crippen molar-refractivity contribution >= 4 is 5.69 Å². The molecule has 0 bridgehead atoms. The first-order valence-electron chi connectivity index (χ1n) is 4.26. The van der Waals surface area contributed by atoms with Gasteiger partial charge in [0, 0.05) is 6.20 Å². The van der Waals surface area contributed by atoms with Gasteiger partial charge < -0.3 is 5.73 Å². The third-order valence-electron chi connectivity index (χ3n) is 1.91. The van der Waals surface area contributed by atoms with Crippen LogP contribution in [0.4, 0.5) is 10.1 Å². The van der Waals surface area contributed by atoms with Crippen molar-refractivity contribution in [3.8, 4) is 0 Å². The minimum atomic E-state index is -0.228. The zero-order valence-electron chi connectivity index (χ0n) is 7.52. The third-order valence-corrected chi connectivity index (χ3v) is 1.91. The third kappa shape index (κ3) is 1.90. The van der Waals surface area contributed by atoms with Gasteiger partial charge in [-0.2, -0.15) is 5.10 Å². The van der Waals surface area contributed by atoms with E-state index < -0.39 is 0 Å². The minimum absolute atomic E-state index is 0.228. The Morgan fingerprint density at radius 1 is 1.29 bits per heavy atom. The summed E-state index contributed by atoms with van der Waals surface area (Å²) < 4.78 is 14.3. The highest BCUT2D eigenvalue weighted by Gasteiger charge is 1.97. The van der Waals surface area contributed by atoms with Crippen molar-refractivity contribution in [2.24, 2.45) is 0 Å². The molecule has 2 rings (SSSR count). The van der Waals surface area contributed by atoms with E-state index in [4.69, 9.17) is 5.73 Å². The first-order chi connectivity index (χ1) is 6.74. The van der Waals surface area contributed by atoms with Crippen LogP contribution in [-0.2, 0) is 6.54 Å². The molecule has 2 N–H and O–H groups in total. The average Bonchev–Trinajstić information content (AvgIpc) is 2.56. The van der Waals surface area contributed by atoms with Gasteiger partial charge in [0.2, 0.25) is 0 Å². The molecule has 0 saturated carbocycles. The van der Waals surface area contributed by atoms with Crippen LogP contribution in [0.5, 0.6) is 0 Å². The monoisotopic (exact) mass is 191 g/mol. The summed E-state index contributed by atoms with van der Waals surface area (Å²) in [7, 11) is 0. The Balaban J connectivity index is 2.15. The molecule has 1 aromatic carbocycles. The van der Waals surface area contributed by atoms with E-state index in [-0.39, 0.29) is 5.82 Å². The summed E-state index contributed by atoms with van der Waals surface area (Å²) in [6, 6.07) is 6.32. The largest absolute Gasteiger partial charge is 0.396 e. The number of nitrogen functional groups attached to an aromatic ring is 1. The molecule has 4 heteroatoms. The van der Waals surface area contributed by atoms with Gasteiger partial charge in [0.25, 0.3) is 0 Å². The molecule has 0 aliphatic heterocycles. The summed E-state index contributed by atoms with van der Waals surface area (Å²) in [5, 5.41) is 4.03. The van der Waals surface area contributed by atoms with Gasteiger partial charge in [-0.05, 0) is 17.7 Å². The van der Waals surface area contributed by atoms with E-state index in [1.54, 1.807) is 29.2 Å². The second kappa shape index (κ2) is 3.49. The van der Waals surface area contributed by atoms with Gasteiger partial charge in [-0.3, -0.25) is 4.68 Å². The zero-order valence-corrected chi connectivity index (χ0v) is 7.52. The fourth-order valence-electron chi connectivity index (χ4n) is 1.24. The smallest absolute Gasteiger partial charge is 0.123 e. The predicted molar refractivity (Wildman–Crippen MR) is 52.1 cm³/mol. The molecule has 0 unspecified atom stereocenters. The Morgan fingerprint density at radius 3 is 2.57 bits per heavy atom. The molecule has 1 aromatic heterocycles. The van der Waals surface area contributed by atoms with Gasteiger partial charge in [0.15, 0.2) is 0 Å². The van der Waals surface area contributed by atoms with Gasteiger partial charge in [-0.1, -0.05) is 12.1 Å². The van der Waals surface area contributed by atoms with Gasteiger partial charge in [0.05, 0.1) is 18.4 Å². The highest BCUT2D eigenvalue weighted by atomic mass is 19.1. The summed E-state index contributed by atoms with van der Waals surface area (Å²) in [4.78, 5) is 0. The molecule has 0 atom stereocenters. The van der Waals surface area contributed by atoms with Crippen molar-refractivity contribution in [3.63, 3.8) is 0 Å². The Kier molecular flexibility index (Phi) is 2.18. The molecule has 72 valence electrons. The lowest BCUT2D eigenvalue weighted by Crippen LogP contribution is -1.99. The van der Waals surface area contributed by atoms with Crippen LogP contribution in [-0.4, -0.2) is 9.78 Å². The molecular weight excluding hydrogens is 181 g/mol. The van der Waals surface area contributed by atoms with E-state index in [9.17, 15) is 4.39 Å². The predicted octanol–water partition coefficient (Wildman–Crippen LogP) is 1.65. The molecule has 0 spiro atoms. The topological polar surface area (TPSA) is 43.8 Å². The van der Waals surface area contributed by atoms with Crippen molar-refractivity contribution in [1.29, 1.82) is 0 Å². The number of hydrogen-bond donors (Lipinski definition) is 1. The fraction of sp³-hybridized carbons (Fsp3) is 0.100. The number of benzene rings is 1. The van der Waals surface area contributed by atoms with Crippen LogP contribution in [0.15, 0.2) is 36.7 Å². The molecule has 0 radical (unpaired) electrons. The van der Waals surface area contributed by atoms with Crippen molar-refractivity contribution in [2.45, 2.75) is 6.54 Å². The fourth-order valence-corrected chi connectivity index (χ4v) is 1.24. The van der Waals surface area contributed by atoms with Crippen LogP contribution in [0.3, 0.4) is 0 Å². The van der Waals surface area contributed by atoms with Crippen molar-refractivity contribution in [2.75, 3.05) is 5.73 Å². The van der Waals surface area contributed by atoms with Crippen LogP contribution >= 0.6 is 0 Å². The minimum Gasteiger partial charge on any atom is -0.396 e. The van der Waals surface area contributed by atoms with Crippen LogP contribution in [0.1, 0.15) is 5.56 Å². The highest BCUT2D eigenvalue weighted by molar-refractivity contribution is 5.30. The molecule has 1 heterocycles. The Labute approximate surface area is 81.0 Å². The van der Waals surface area contributed by atoms with E-state index in [0.29, 0.717) is 12.2 Å². The lowest BCUT2D eigenvalue weighted by molar-refractivity contribution is 0.624. The molecule has 0 aliphatic carbocycles. The Bertz CT molecular complexity index is 419. The lowest BCUT2D eigenvalue weighted by Gasteiger charge is -2.00. The number of aromatic nitrogens is 2. The first-order valence-corrected chi connectivity index (χ1v) is 4.26. The average molecular weight is 191 g/mol.